The number of fused-ring (bicyclic) bond motifs is 9. The predicted octanol–water partition coefficient (Wildman–Crippen LogP) is 19.1. The molecule has 14 rings (SSSR count). The third-order valence-electron chi connectivity index (χ3n) is 16.1. The summed E-state index contributed by atoms with van der Waals surface area (Å²) in [6.07, 6.45) is 14.9. The Balaban J connectivity index is 0.808. The topological polar surface area (TPSA) is 6.48 Å². The summed E-state index contributed by atoms with van der Waals surface area (Å²) in [6, 6.07) is 94.2. The number of hydrogen-bond acceptors (Lipinski definition) is 2. The smallest absolute Gasteiger partial charge is 0.0722 e. The van der Waals surface area contributed by atoms with Crippen LogP contribution in [0.1, 0.15) is 47.1 Å². The van der Waals surface area contributed by atoms with Gasteiger partial charge in [-0.15, -0.1) is 0 Å². The van der Waals surface area contributed by atoms with Gasteiger partial charge in [0, 0.05) is 28.4 Å². The lowest BCUT2D eigenvalue weighted by Crippen LogP contribution is -2.32. The largest absolute Gasteiger partial charge is 0.334 e. The van der Waals surface area contributed by atoms with Crippen molar-refractivity contribution in [2.45, 2.75) is 30.7 Å². The van der Waals surface area contributed by atoms with Crippen molar-refractivity contribution >= 4 is 39.6 Å². The van der Waals surface area contributed by atoms with Gasteiger partial charge in [0.05, 0.1) is 11.5 Å². The fraction of sp³-hybridized carbons (Fsp3) is 0.0685. The van der Waals surface area contributed by atoms with Crippen LogP contribution in [0.3, 0.4) is 0 Å². The highest BCUT2D eigenvalue weighted by atomic mass is 15.2. The molecule has 356 valence electrons. The Kier molecular flexibility index (Phi) is 11.1. The molecule has 10 aromatic carbocycles. The van der Waals surface area contributed by atoms with Gasteiger partial charge < -0.3 is 9.80 Å². The van der Waals surface area contributed by atoms with E-state index in [-0.39, 0.29) is 11.5 Å². The Hall–Kier alpha value is -9.24. The zero-order chi connectivity index (χ0) is 49.7. The maximum atomic E-state index is 2.55. The summed E-state index contributed by atoms with van der Waals surface area (Å²) >= 11 is 0. The van der Waals surface area contributed by atoms with Crippen LogP contribution in [-0.2, 0) is 5.41 Å². The Morgan fingerprint density at radius 3 is 1.17 bits per heavy atom. The van der Waals surface area contributed by atoms with Crippen LogP contribution in [0.25, 0.3) is 55.7 Å². The standard InChI is InChI=1S/C73H54N2/c1-4-16-51(17-5-1)54-28-38-59(39-29-54)74(60-40-30-55(31-41-60)52-18-6-2-7-19-52)61-42-34-57(35-43-61)58-36-46-63(47-37-58)75(62-44-32-56(33-45-62)53-20-8-3-9-21-53)64-48-49-72-68(50-64)67-24-12-15-27-71(67)73(72)69-25-13-10-22-65(69)66-23-11-14-26-70(66)73/h1,3-6,8-49,64H,2,7,50H2. The average molecular weight is 959 g/mol. The van der Waals surface area contributed by atoms with Crippen molar-refractivity contribution in [3.8, 4) is 44.5 Å². The fourth-order valence-corrected chi connectivity index (χ4v) is 12.6. The molecule has 4 aliphatic carbocycles. The first kappa shape index (κ1) is 44.5. The van der Waals surface area contributed by atoms with Gasteiger partial charge in [0.2, 0.25) is 0 Å². The van der Waals surface area contributed by atoms with Gasteiger partial charge in [0.25, 0.3) is 0 Å². The molecule has 0 fully saturated rings. The molecule has 10 aromatic rings. The zero-order valence-corrected chi connectivity index (χ0v) is 41.7. The second kappa shape index (κ2) is 18.7. The quantitative estimate of drug-likeness (QED) is 0.135. The minimum Gasteiger partial charge on any atom is -0.334 e. The summed E-state index contributed by atoms with van der Waals surface area (Å²) in [5.41, 5.74) is 26.1. The third kappa shape index (κ3) is 7.64. The van der Waals surface area contributed by atoms with Crippen molar-refractivity contribution in [3.63, 3.8) is 0 Å². The number of allylic oxidation sites excluding steroid dienone is 6. The van der Waals surface area contributed by atoms with E-state index in [2.05, 4.69) is 295 Å². The Bertz CT molecular complexity index is 3810. The van der Waals surface area contributed by atoms with E-state index in [9.17, 15) is 0 Å². The van der Waals surface area contributed by atoms with Crippen LogP contribution in [0.5, 0.6) is 0 Å². The van der Waals surface area contributed by atoms with Gasteiger partial charge in [-0.25, -0.2) is 0 Å². The van der Waals surface area contributed by atoms with Crippen LogP contribution >= 0.6 is 0 Å². The van der Waals surface area contributed by atoms with Crippen molar-refractivity contribution in [3.05, 3.63) is 319 Å². The van der Waals surface area contributed by atoms with Crippen molar-refractivity contribution in [2.24, 2.45) is 0 Å². The summed E-state index contributed by atoms with van der Waals surface area (Å²) in [7, 11) is 0. The minimum atomic E-state index is -0.348. The predicted molar refractivity (Wildman–Crippen MR) is 315 cm³/mol. The zero-order valence-electron chi connectivity index (χ0n) is 41.7. The van der Waals surface area contributed by atoms with Gasteiger partial charge in [-0.3, -0.25) is 0 Å². The fourth-order valence-electron chi connectivity index (χ4n) is 12.6. The molecule has 0 saturated carbocycles. The summed E-state index contributed by atoms with van der Waals surface area (Å²) in [5.74, 6) is 0. The van der Waals surface area contributed by atoms with E-state index < -0.39 is 0 Å². The lowest BCUT2D eigenvalue weighted by molar-refractivity contribution is 0.755. The molecule has 0 radical (unpaired) electrons. The molecule has 1 atom stereocenters. The number of nitrogens with zero attached hydrogens (tertiary/aromatic N) is 2. The van der Waals surface area contributed by atoms with Gasteiger partial charge in [0.15, 0.2) is 0 Å². The van der Waals surface area contributed by atoms with Crippen LogP contribution in [-0.4, -0.2) is 6.04 Å². The van der Waals surface area contributed by atoms with Gasteiger partial charge in [-0.05, 0) is 169 Å². The first-order valence-corrected chi connectivity index (χ1v) is 26.5. The Morgan fingerprint density at radius 1 is 0.333 bits per heavy atom. The lowest BCUT2D eigenvalue weighted by atomic mass is 9.69. The highest BCUT2D eigenvalue weighted by Gasteiger charge is 2.53. The van der Waals surface area contributed by atoms with E-state index in [0.29, 0.717) is 0 Å². The molecule has 0 N–H and O–H groups in total. The SMILES string of the molecule is C1=CC(c2ccc(N(c3ccc(-c4ccccc4)cc3)c3ccc(-c4ccc(N(c5ccc(-c6ccccc6)cc5)C5C=CC6=C(C5)c5ccccc5C65c6ccccc6-c6ccccc65)cc4)cc3)cc2)=CCC1. The van der Waals surface area contributed by atoms with Crippen molar-refractivity contribution in [1.82, 2.24) is 0 Å². The second-order valence-electron chi connectivity index (χ2n) is 20.2. The maximum absolute atomic E-state index is 2.55. The minimum absolute atomic E-state index is 0.0734. The Labute approximate surface area is 440 Å². The first-order valence-electron chi connectivity index (χ1n) is 26.5. The molecule has 4 aliphatic rings. The summed E-state index contributed by atoms with van der Waals surface area (Å²) < 4.78 is 0. The van der Waals surface area contributed by atoms with E-state index in [1.165, 1.54) is 94.7 Å². The van der Waals surface area contributed by atoms with Crippen LogP contribution in [0.2, 0.25) is 0 Å². The molecule has 2 heteroatoms. The van der Waals surface area contributed by atoms with E-state index in [4.69, 9.17) is 0 Å². The van der Waals surface area contributed by atoms with Crippen LogP contribution in [0.4, 0.5) is 28.4 Å². The molecule has 75 heavy (non-hydrogen) atoms. The lowest BCUT2D eigenvalue weighted by Gasteiger charge is -2.36. The normalized spacial score (nSPS) is 15.5. The molecule has 0 saturated heterocycles. The van der Waals surface area contributed by atoms with E-state index >= 15 is 0 Å². The molecule has 0 bridgehead atoms. The maximum Gasteiger partial charge on any atom is 0.0722 e. The highest BCUT2D eigenvalue weighted by Crippen LogP contribution is 2.63. The molecule has 1 unspecified atom stereocenters. The van der Waals surface area contributed by atoms with Crippen LogP contribution in [0.15, 0.2) is 291 Å². The van der Waals surface area contributed by atoms with E-state index in [0.717, 1.165) is 42.0 Å². The molecule has 1 spiro atoms. The van der Waals surface area contributed by atoms with E-state index in [1.807, 2.05) is 0 Å². The summed E-state index contributed by atoms with van der Waals surface area (Å²) in [4.78, 5) is 4.92. The van der Waals surface area contributed by atoms with Crippen molar-refractivity contribution in [1.29, 1.82) is 0 Å². The molecular weight excluding hydrogens is 905 g/mol. The molecule has 2 nitrogen and oxygen atoms in total. The van der Waals surface area contributed by atoms with Gasteiger partial charge in [0.1, 0.15) is 0 Å². The monoisotopic (exact) mass is 958 g/mol. The number of benzene rings is 10. The van der Waals surface area contributed by atoms with E-state index in [1.54, 1.807) is 0 Å². The van der Waals surface area contributed by atoms with Gasteiger partial charge >= 0.3 is 0 Å². The molecular formula is C73H54N2. The average Bonchev–Trinajstić information content (AvgIpc) is 4.03. The van der Waals surface area contributed by atoms with Crippen LogP contribution in [0, 0.1) is 0 Å². The summed E-state index contributed by atoms with van der Waals surface area (Å²) in [6.45, 7) is 0. The third-order valence-corrected chi connectivity index (χ3v) is 16.1. The molecule has 0 heterocycles. The van der Waals surface area contributed by atoms with Gasteiger partial charge in [-0.2, -0.15) is 0 Å². The first-order chi connectivity index (χ1) is 37.2. The summed E-state index contributed by atoms with van der Waals surface area (Å²) in [5, 5.41) is 0. The number of anilines is 5. The second-order valence-corrected chi connectivity index (χ2v) is 20.2. The van der Waals surface area contributed by atoms with Crippen molar-refractivity contribution < 1.29 is 0 Å². The van der Waals surface area contributed by atoms with Crippen molar-refractivity contribution in [2.75, 3.05) is 9.80 Å². The van der Waals surface area contributed by atoms with Crippen LogP contribution < -0.4 is 9.80 Å². The number of hydrogen-bond donors (Lipinski definition) is 0. The Morgan fingerprint density at radius 2 is 0.720 bits per heavy atom. The molecule has 0 aliphatic heterocycles. The molecule has 0 amide bonds. The molecule has 0 aromatic heterocycles. The highest BCUT2D eigenvalue weighted by molar-refractivity contribution is 5.97. The van der Waals surface area contributed by atoms with Gasteiger partial charge in [-0.1, -0.05) is 225 Å². The number of rotatable bonds is 10.